The van der Waals surface area contributed by atoms with Crippen LogP contribution in [0.2, 0.25) is 0 Å². The number of carbonyl (C=O) groups excluding carboxylic acids is 1. The summed E-state index contributed by atoms with van der Waals surface area (Å²) in [4.78, 5) is 22.5. The van der Waals surface area contributed by atoms with Crippen molar-refractivity contribution in [1.82, 2.24) is 15.3 Å². The minimum absolute atomic E-state index is 0.136. The number of anilines is 1. The first-order valence-electron chi connectivity index (χ1n) is 9.56. The third-order valence-corrected chi connectivity index (χ3v) is 4.70. The van der Waals surface area contributed by atoms with Gasteiger partial charge in [-0.25, -0.2) is 23.5 Å². The Balaban J connectivity index is 1.87. The monoisotopic (exact) mass is 434 g/mol. The van der Waals surface area contributed by atoms with Crippen LogP contribution >= 0.6 is 0 Å². The van der Waals surface area contributed by atoms with Crippen molar-refractivity contribution >= 4 is 17.9 Å². The molecule has 31 heavy (non-hydrogen) atoms. The Kier molecular flexibility index (Phi) is 6.23. The van der Waals surface area contributed by atoms with E-state index in [1.165, 1.54) is 12.4 Å². The number of hydrogen-bond donors (Lipinski definition) is 3. The van der Waals surface area contributed by atoms with Crippen LogP contribution in [-0.4, -0.2) is 51.8 Å². The summed E-state index contributed by atoms with van der Waals surface area (Å²) in [6.07, 6.45) is 2.09. The zero-order valence-corrected chi connectivity index (χ0v) is 17.3. The van der Waals surface area contributed by atoms with Gasteiger partial charge in [0.15, 0.2) is 5.84 Å². The molecular weight excluding hydrogens is 410 g/mol. The highest BCUT2D eigenvalue weighted by Crippen LogP contribution is 2.32. The molecule has 1 fully saturated rings. The molecule has 4 N–H and O–H groups in total. The molecule has 3 rings (SSSR count). The van der Waals surface area contributed by atoms with Crippen LogP contribution < -0.4 is 16.0 Å². The summed E-state index contributed by atoms with van der Waals surface area (Å²) in [7, 11) is 0. The molecule has 11 heteroatoms. The second-order valence-corrected chi connectivity index (χ2v) is 8.19. The third kappa shape index (κ3) is 5.36. The van der Waals surface area contributed by atoms with Crippen LogP contribution in [0.5, 0.6) is 0 Å². The molecule has 2 heterocycles. The van der Waals surface area contributed by atoms with Crippen LogP contribution in [-0.2, 0) is 4.74 Å². The zero-order chi connectivity index (χ0) is 22.8. The highest BCUT2D eigenvalue weighted by molar-refractivity contribution is 5.96. The molecule has 0 aliphatic carbocycles. The first kappa shape index (κ1) is 22.2. The number of amides is 1. The molecule has 1 aromatic heterocycles. The summed E-state index contributed by atoms with van der Waals surface area (Å²) in [6.45, 7) is 5.66. The summed E-state index contributed by atoms with van der Waals surface area (Å²) in [5.41, 5.74) is 5.27. The van der Waals surface area contributed by atoms with E-state index in [0.29, 0.717) is 11.5 Å². The van der Waals surface area contributed by atoms with E-state index in [9.17, 15) is 13.6 Å². The van der Waals surface area contributed by atoms with Crippen molar-refractivity contribution in [2.45, 2.75) is 38.3 Å². The van der Waals surface area contributed by atoms with Crippen molar-refractivity contribution in [2.24, 2.45) is 10.9 Å². The minimum Gasteiger partial charge on any atom is -0.444 e. The SMILES string of the molecule is CC(C)(C)OC(=O)NC1CN(c2ncc(C(N)=NO)cn2)CC1c1cc(F)ccc1F. The van der Waals surface area contributed by atoms with Crippen LogP contribution in [0.25, 0.3) is 0 Å². The average Bonchev–Trinajstić information content (AvgIpc) is 3.11. The Labute approximate surface area is 177 Å². The van der Waals surface area contributed by atoms with E-state index in [1.54, 1.807) is 25.7 Å². The fraction of sp³-hybridized carbons (Fsp3) is 0.400. The van der Waals surface area contributed by atoms with Crippen molar-refractivity contribution in [3.63, 3.8) is 0 Å². The van der Waals surface area contributed by atoms with Gasteiger partial charge in [-0.2, -0.15) is 0 Å². The lowest BCUT2D eigenvalue weighted by molar-refractivity contribution is 0.0504. The maximum Gasteiger partial charge on any atom is 0.407 e. The van der Waals surface area contributed by atoms with Crippen LogP contribution in [0.15, 0.2) is 35.7 Å². The number of alkyl carbamates (subject to hydrolysis) is 1. The standard InChI is InChI=1S/C20H24F2N6O3/c1-20(2,3)31-19(29)26-16-10-28(18-24-7-11(8-25-18)17(23)27-30)9-14(16)13-6-12(21)4-5-15(13)22/h4-8,14,16,30H,9-10H2,1-3H3,(H2,23,27)(H,26,29). The molecular formula is C20H24F2N6O3. The van der Waals surface area contributed by atoms with Gasteiger partial charge >= 0.3 is 6.09 Å². The van der Waals surface area contributed by atoms with Crippen LogP contribution in [0.1, 0.15) is 37.8 Å². The summed E-state index contributed by atoms with van der Waals surface area (Å²) in [5, 5.41) is 14.4. The van der Waals surface area contributed by atoms with Gasteiger partial charge in [0.25, 0.3) is 0 Å². The summed E-state index contributed by atoms with van der Waals surface area (Å²) >= 11 is 0. The van der Waals surface area contributed by atoms with Gasteiger partial charge in [-0.15, -0.1) is 0 Å². The maximum atomic E-state index is 14.5. The van der Waals surface area contributed by atoms with E-state index in [0.717, 1.165) is 18.2 Å². The number of rotatable bonds is 4. The average molecular weight is 434 g/mol. The molecule has 1 amide bonds. The predicted molar refractivity (Wildman–Crippen MR) is 109 cm³/mol. The Morgan fingerprint density at radius 2 is 1.97 bits per heavy atom. The lowest BCUT2D eigenvalue weighted by Crippen LogP contribution is -2.43. The first-order valence-corrected chi connectivity index (χ1v) is 9.56. The topological polar surface area (TPSA) is 126 Å². The Hall–Kier alpha value is -3.50. The fourth-order valence-electron chi connectivity index (χ4n) is 3.36. The second-order valence-electron chi connectivity index (χ2n) is 8.19. The van der Waals surface area contributed by atoms with Crippen molar-refractivity contribution in [2.75, 3.05) is 18.0 Å². The Bertz CT molecular complexity index is 978. The quantitative estimate of drug-likeness (QED) is 0.292. The smallest absolute Gasteiger partial charge is 0.407 e. The van der Waals surface area contributed by atoms with E-state index in [-0.39, 0.29) is 24.5 Å². The molecule has 166 valence electrons. The van der Waals surface area contributed by atoms with Crippen LogP contribution in [0, 0.1) is 11.6 Å². The lowest BCUT2D eigenvalue weighted by Gasteiger charge is -2.24. The highest BCUT2D eigenvalue weighted by atomic mass is 19.1. The highest BCUT2D eigenvalue weighted by Gasteiger charge is 2.38. The number of hydrogen-bond acceptors (Lipinski definition) is 7. The number of halogens is 2. The van der Waals surface area contributed by atoms with Gasteiger partial charge in [-0.05, 0) is 44.5 Å². The van der Waals surface area contributed by atoms with Crippen molar-refractivity contribution in [3.8, 4) is 0 Å². The Morgan fingerprint density at radius 3 is 2.58 bits per heavy atom. The lowest BCUT2D eigenvalue weighted by atomic mass is 9.94. The van der Waals surface area contributed by atoms with Gasteiger partial charge in [0.2, 0.25) is 5.95 Å². The molecule has 9 nitrogen and oxygen atoms in total. The zero-order valence-electron chi connectivity index (χ0n) is 17.3. The van der Waals surface area contributed by atoms with E-state index in [1.807, 2.05) is 0 Å². The number of ether oxygens (including phenoxy) is 1. The number of nitrogens with zero attached hydrogens (tertiary/aromatic N) is 4. The van der Waals surface area contributed by atoms with E-state index >= 15 is 0 Å². The van der Waals surface area contributed by atoms with Crippen molar-refractivity contribution < 1.29 is 23.5 Å². The van der Waals surface area contributed by atoms with Gasteiger partial charge in [0.05, 0.1) is 11.6 Å². The summed E-state index contributed by atoms with van der Waals surface area (Å²) in [5.74, 6) is -1.57. The molecule has 2 unspecified atom stereocenters. The van der Waals surface area contributed by atoms with Crippen molar-refractivity contribution in [1.29, 1.82) is 0 Å². The van der Waals surface area contributed by atoms with Crippen LogP contribution in [0.3, 0.4) is 0 Å². The maximum absolute atomic E-state index is 14.5. The van der Waals surface area contributed by atoms with E-state index in [2.05, 4.69) is 20.4 Å². The first-order chi connectivity index (χ1) is 14.6. The summed E-state index contributed by atoms with van der Waals surface area (Å²) < 4.78 is 33.6. The van der Waals surface area contributed by atoms with Gasteiger partial charge in [-0.3, -0.25) is 0 Å². The molecule has 1 aliphatic rings. The minimum atomic E-state index is -0.713. The molecule has 0 radical (unpaired) electrons. The van der Waals surface area contributed by atoms with Gasteiger partial charge in [0.1, 0.15) is 17.2 Å². The number of oxime groups is 1. The number of benzene rings is 1. The molecule has 0 bridgehead atoms. The molecule has 1 saturated heterocycles. The molecule has 1 aliphatic heterocycles. The predicted octanol–water partition coefficient (Wildman–Crippen LogP) is 2.35. The van der Waals surface area contributed by atoms with Crippen molar-refractivity contribution in [3.05, 3.63) is 53.4 Å². The molecule has 0 saturated carbocycles. The fourth-order valence-corrected chi connectivity index (χ4v) is 3.36. The van der Waals surface area contributed by atoms with E-state index in [4.69, 9.17) is 15.7 Å². The normalized spacial score (nSPS) is 19.4. The van der Waals surface area contributed by atoms with Gasteiger partial charge in [-0.1, -0.05) is 5.16 Å². The number of aromatic nitrogens is 2. The summed E-state index contributed by atoms with van der Waals surface area (Å²) in [6, 6.07) is 2.63. The third-order valence-electron chi connectivity index (χ3n) is 4.70. The largest absolute Gasteiger partial charge is 0.444 e. The van der Waals surface area contributed by atoms with Gasteiger partial charge < -0.3 is 25.9 Å². The van der Waals surface area contributed by atoms with Crippen LogP contribution in [0.4, 0.5) is 19.5 Å². The number of nitrogens with two attached hydrogens (primary N) is 1. The molecule has 2 atom stereocenters. The molecule has 1 aromatic carbocycles. The second kappa shape index (κ2) is 8.70. The molecule has 0 spiro atoms. The number of amidine groups is 1. The molecule has 2 aromatic rings. The van der Waals surface area contributed by atoms with Gasteiger partial charge in [0, 0.05) is 31.4 Å². The number of nitrogens with one attached hydrogen (secondary N) is 1. The van der Waals surface area contributed by atoms with E-state index < -0.39 is 35.3 Å². The number of carbonyl (C=O) groups is 1. The Morgan fingerprint density at radius 1 is 1.29 bits per heavy atom.